The molecule has 0 aliphatic rings. The summed E-state index contributed by atoms with van der Waals surface area (Å²) in [6.07, 6.45) is 2.04. The smallest absolute Gasteiger partial charge is 0.188 e. The second-order valence-electron chi connectivity index (χ2n) is 4.71. The van der Waals surface area contributed by atoms with Gasteiger partial charge in [0.1, 0.15) is 0 Å². The Morgan fingerprint density at radius 2 is 2.06 bits per heavy atom. The molecule has 0 aliphatic carbocycles. The lowest BCUT2D eigenvalue weighted by Gasteiger charge is -2.20. The van der Waals surface area contributed by atoms with Gasteiger partial charge in [0.25, 0.3) is 0 Å². The largest absolute Gasteiger partial charge is 0.382 e. The Balaban J connectivity index is 4.05. The third-order valence-electron chi connectivity index (χ3n) is 2.61. The van der Waals surface area contributed by atoms with Gasteiger partial charge in [0.05, 0.1) is 11.3 Å². The maximum atomic E-state index is 11.5. The van der Waals surface area contributed by atoms with E-state index in [4.69, 9.17) is 10.5 Å². The predicted octanol–water partition coefficient (Wildman–Crippen LogP) is 0.141. The molecule has 0 radical (unpaired) electrons. The molecule has 0 saturated carbocycles. The number of guanidine groups is 1. The van der Waals surface area contributed by atoms with Gasteiger partial charge in [-0.25, -0.2) is 8.42 Å². The van der Waals surface area contributed by atoms with Gasteiger partial charge in [0.2, 0.25) is 0 Å². The van der Waals surface area contributed by atoms with Gasteiger partial charge >= 0.3 is 0 Å². The number of nitrogens with zero attached hydrogens (tertiary/aromatic N) is 1. The van der Waals surface area contributed by atoms with Crippen LogP contribution in [0, 0.1) is 0 Å². The van der Waals surface area contributed by atoms with Gasteiger partial charge in [-0.2, -0.15) is 0 Å². The molecule has 0 aromatic heterocycles. The topological polar surface area (TPSA) is 93.8 Å². The molecule has 0 aromatic rings. The molecule has 6 nitrogen and oxygen atoms in total. The van der Waals surface area contributed by atoms with E-state index in [-0.39, 0.29) is 12.5 Å². The quantitative estimate of drug-likeness (QED) is 0.374. The van der Waals surface area contributed by atoms with Crippen LogP contribution >= 0.6 is 0 Å². The van der Waals surface area contributed by atoms with Crippen molar-refractivity contribution in [2.75, 3.05) is 32.6 Å². The number of hydrogen-bond donors (Lipinski definition) is 2. The third-order valence-corrected chi connectivity index (χ3v) is 4.75. The highest BCUT2D eigenvalue weighted by atomic mass is 32.2. The van der Waals surface area contributed by atoms with E-state index >= 15 is 0 Å². The summed E-state index contributed by atoms with van der Waals surface area (Å²) in [5.74, 6) is 0.267. The Hall–Kier alpha value is -0.820. The van der Waals surface area contributed by atoms with E-state index in [0.717, 1.165) is 6.42 Å². The first-order chi connectivity index (χ1) is 8.20. The summed E-state index contributed by atoms with van der Waals surface area (Å²) in [5.41, 5.74) is 5.64. The highest BCUT2D eigenvalue weighted by Crippen LogP contribution is 2.14. The summed E-state index contributed by atoms with van der Waals surface area (Å²) in [6.45, 7) is 7.39. The lowest BCUT2D eigenvalue weighted by Crippen LogP contribution is -2.38. The summed E-state index contributed by atoms with van der Waals surface area (Å²) in [6, 6.07) is 0. The minimum absolute atomic E-state index is 0.149. The Labute approximate surface area is 110 Å². The fourth-order valence-corrected chi connectivity index (χ4v) is 1.28. The van der Waals surface area contributed by atoms with E-state index in [1.54, 1.807) is 13.8 Å². The van der Waals surface area contributed by atoms with Crippen molar-refractivity contribution in [1.82, 2.24) is 5.32 Å². The van der Waals surface area contributed by atoms with E-state index in [1.165, 1.54) is 6.26 Å². The molecule has 0 fully saturated rings. The van der Waals surface area contributed by atoms with Crippen LogP contribution in [-0.2, 0) is 14.6 Å². The van der Waals surface area contributed by atoms with E-state index in [1.807, 2.05) is 6.92 Å². The number of aliphatic imine (C=N–C) groups is 1. The lowest BCUT2D eigenvalue weighted by molar-refractivity contribution is 0.145. The van der Waals surface area contributed by atoms with Crippen molar-refractivity contribution >= 4 is 15.8 Å². The molecular formula is C11H25N3O3S. The van der Waals surface area contributed by atoms with Crippen molar-refractivity contribution in [1.29, 1.82) is 0 Å². The summed E-state index contributed by atoms with van der Waals surface area (Å²) >= 11 is 0. The second kappa shape index (κ2) is 7.58. The van der Waals surface area contributed by atoms with Crippen molar-refractivity contribution in [3.8, 4) is 0 Å². The number of nitrogens with two attached hydrogens (primary N) is 1. The SMILES string of the molecule is CCOCCCNC(N)=NCC(C)(C)S(C)(=O)=O. The van der Waals surface area contributed by atoms with Gasteiger partial charge in [0.15, 0.2) is 15.8 Å². The fraction of sp³-hybridized carbons (Fsp3) is 0.909. The second-order valence-corrected chi connectivity index (χ2v) is 7.36. The zero-order chi connectivity index (χ0) is 14.2. The van der Waals surface area contributed by atoms with Crippen LogP contribution in [0.3, 0.4) is 0 Å². The zero-order valence-corrected chi connectivity index (χ0v) is 12.5. The van der Waals surface area contributed by atoms with E-state index < -0.39 is 14.6 Å². The molecule has 0 aliphatic heterocycles. The molecule has 0 saturated heterocycles. The molecule has 0 atom stereocenters. The molecule has 0 unspecified atom stereocenters. The van der Waals surface area contributed by atoms with Gasteiger partial charge < -0.3 is 15.8 Å². The van der Waals surface area contributed by atoms with Crippen LogP contribution in [-0.4, -0.2) is 51.7 Å². The number of ether oxygens (including phenoxy) is 1. The van der Waals surface area contributed by atoms with Gasteiger partial charge in [-0.1, -0.05) is 0 Å². The summed E-state index contributed by atoms with van der Waals surface area (Å²) in [4.78, 5) is 4.04. The Morgan fingerprint density at radius 3 is 2.56 bits per heavy atom. The monoisotopic (exact) mass is 279 g/mol. The molecule has 0 aromatic carbocycles. The van der Waals surface area contributed by atoms with E-state index in [2.05, 4.69) is 10.3 Å². The first-order valence-electron chi connectivity index (χ1n) is 6.02. The van der Waals surface area contributed by atoms with Gasteiger partial charge in [-0.3, -0.25) is 4.99 Å². The van der Waals surface area contributed by atoms with Gasteiger partial charge in [0, 0.05) is 26.0 Å². The summed E-state index contributed by atoms with van der Waals surface area (Å²) in [5, 5.41) is 2.92. The minimum Gasteiger partial charge on any atom is -0.382 e. The molecular weight excluding hydrogens is 254 g/mol. The fourth-order valence-electron chi connectivity index (χ4n) is 0.984. The molecule has 108 valence electrons. The maximum absolute atomic E-state index is 11.5. The van der Waals surface area contributed by atoms with Crippen LogP contribution in [0.4, 0.5) is 0 Å². The Kier molecular flexibility index (Phi) is 7.23. The van der Waals surface area contributed by atoms with Crippen molar-refractivity contribution < 1.29 is 13.2 Å². The highest BCUT2D eigenvalue weighted by molar-refractivity contribution is 7.92. The molecule has 0 heterocycles. The number of sulfone groups is 1. The number of hydrogen-bond acceptors (Lipinski definition) is 4. The molecule has 0 rings (SSSR count). The van der Waals surface area contributed by atoms with E-state index in [9.17, 15) is 8.42 Å². The van der Waals surface area contributed by atoms with Crippen LogP contribution in [0.1, 0.15) is 27.2 Å². The number of rotatable bonds is 8. The average Bonchev–Trinajstić information content (AvgIpc) is 2.24. The standard InChI is InChI=1S/C11H25N3O3S/c1-5-17-8-6-7-13-10(12)14-9-11(2,3)18(4,15)16/h5-9H2,1-4H3,(H3,12,13,14). The summed E-state index contributed by atoms with van der Waals surface area (Å²) in [7, 11) is -3.14. The van der Waals surface area contributed by atoms with Crippen LogP contribution in [0.2, 0.25) is 0 Å². The molecule has 0 amide bonds. The van der Waals surface area contributed by atoms with Crippen molar-refractivity contribution in [3.05, 3.63) is 0 Å². The third kappa shape index (κ3) is 6.80. The van der Waals surface area contributed by atoms with Crippen molar-refractivity contribution in [2.45, 2.75) is 31.9 Å². The molecule has 0 bridgehead atoms. The van der Waals surface area contributed by atoms with Gasteiger partial charge in [-0.05, 0) is 27.2 Å². The van der Waals surface area contributed by atoms with Crippen LogP contribution in [0.25, 0.3) is 0 Å². The Bertz CT molecular complexity index is 364. The first kappa shape index (κ1) is 17.2. The lowest BCUT2D eigenvalue weighted by atomic mass is 10.2. The number of nitrogens with one attached hydrogen (secondary N) is 1. The first-order valence-corrected chi connectivity index (χ1v) is 7.91. The van der Waals surface area contributed by atoms with Crippen molar-refractivity contribution in [2.24, 2.45) is 10.7 Å². The predicted molar refractivity (Wildman–Crippen MR) is 74.5 cm³/mol. The van der Waals surface area contributed by atoms with Gasteiger partial charge in [-0.15, -0.1) is 0 Å². The van der Waals surface area contributed by atoms with E-state index in [0.29, 0.717) is 19.8 Å². The van der Waals surface area contributed by atoms with Crippen LogP contribution in [0.5, 0.6) is 0 Å². The average molecular weight is 279 g/mol. The molecule has 0 spiro atoms. The zero-order valence-electron chi connectivity index (χ0n) is 11.7. The summed E-state index contributed by atoms with van der Waals surface area (Å²) < 4.78 is 27.2. The maximum Gasteiger partial charge on any atom is 0.188 e. The highest BCUT2D eigenvalue weighted by Gasteiger charge is 2.29. The molecule has 18 heavy (non-hydrogen) atoms. The van der Waals surface area contributed by atoms with Crippen LogP contribution in [0.15, 0.2) is 4.99 Å². The minimum atomic E-state index is -3.14. The van der Waals surface area contributed by atoms with Crippen LogP contribution < -0.4 is 11.1 Å². The van der Waals surface area contributed by atoms with Crippen molar-refractivity contribution in [3.63, 3.8) is 0 Å². The Morgan fingerprint density at radius 1 is 1.44 bits per heavy atom. The normalized spacial score (nSPS) is 13.7. The molecule has 3 N–H and O–H groups in total. The molecule has 7 heteroatoms.